The Hall–Kier alpha value is -3.44. The van der Waals surface area contributed by atoms with E-state index in [2.05, 4.69) is 15.0 Å². The third kappa shape index (κ3) is 5.68. The van der Waals surface area contributed by atoms with Crippen LogP contribution in [0.25, 0.3) is 11.1 Å². The van der Waals surface area contributed by atoms with Crippen LogP contribution in [0.5, 0.6) is 5.88 Å². The number of nitrogens with zero attached hydrogens (tertiary/aromatic N) is 1. The lowest BCUT2D eigenvalue weighted by atomic mass is 9.80. The van der Waals surface area contributed by atoms with Crippen molar-refractivity contribution in [3.8, 4) is 17.0 Å². The summed E-state index contributed by atoms with van der Waals surface area (Å²) < 4.78 is 48.4. The minimum Gasteiger partial charge on any atom is -0.481 e. The predicted octanol–water partition coefficient (Wildman–Crippen LogP) is 5.20. The molecule has 1 saturated carbocycles. The Morgan fingerprint density at radius 2 is 2.08 bits per heavy atom. The lowest BCUT2D eigenvalue weighted by Crippen LogP contribution is -2.34. The van der Waals surface area contributed by atoms with E-state index in [-0.39, 0.29) is 5.09 Å². The Morgan fingerprint density at radius 1 is 1.33 bits per heavy atom. The molecule has 192 valence electrons. The zero-order valence-electron chi connectivity index (χ0n) is 20.3. The lowest BCUT2D eigenvalue weighted by Gasteiger charge is -2.27. The summed E-state index contributed by atoms with van der Waals surface area (Å²) in [7, 11) is -2.42. The molecular formula is C25H29FN4O5S. The van der Waals surface area contributed by atoms with E-state index in [4.69, 9.17) is 13.9 Å². The predicted molar refractivity (Wildman–Crippen MR) is 132 cm³/mol. The molecule has 0 spiro atoms. The van der Waals surface area contributed by atoms with Crippen molar-refractivity contribution in [2.75, 3.05) is 12.4 Å². The first-order valence-corrected chi connectivity index (χ1v) is 13.0. The number of rotatable bonds is 8. The number of nitrogens with one attached hydrogen (secondary N) is 3. The van der Waals surface area contributed by atoms with Crippen LogP contribution in [0.1, 0.15) is 44.2 Å². The van der Waals surface area contributed by atoms with Gasteiger partial charge in [0.2, 0.25) is 11.0 Å². The number of pyridine rings is 1. The molecule has 11 heteroatoms. The number of urea groups is 1. The van der Waals surface area contributed by atoms with Crippen molar-refractivity contribution in [2.45, 2.75) is 50.2 Å². The fraction of sp³-hybridized carbons (Fsp3) is 0.360. The molecular weight excluding hydrogens is 487 g/mol. The van der Waals surface area contributed by atoms with E-state index in [0.29, 0.717) is 46.2 Å². The highest BCUT2D eigenvalue weighted by Crippen LogP contribution is 2.38. The van der Waals surface area contributed by atoms with Gasteiger partial charge in [-0.05, 0) is 55.5 Å². The van der Waals surface area contributed by atoms with Gasteiger partial charge in [0.05, 0.1) is 24.7 Å². The Labute approximate surface area is 209 Å². The van der Waals surface area contributed by atoms with Gasteiger partial charge in [-0.1, -0.05) is 19.3 Å². The number of carbonyl (C=O) groups excluding carboxylic acids is 1. The minimum absolute atomic E-state index is 0.303. The molecule has 1 atom stereocenters. The van der Waals surface area contributed by atoms with E-state index < -0.39 is 27.4 Å². The molecule has 1 aliphatic carbocycles. The summed E-state index contributed by atoms with van der Waals surface area (Å²) in [6.45, 7) is 3.03. The maximum Gasteiger partial charge on any atom is 0.332 e. The third-order valence-corrected chi connectivity index (χ3v) is 7.47. The molecule has 2 aromatic heterocycles. The fourth-order valence-electron chi connectivity index (χ4n) is 4.00. The van der Waals surface area contributed by atoms with Gasteiger partial charge in [-0.15, -0.1) is 0 Å². The normalized spacial score (nSPS) is 15.6. The van der Waals surface area contributed by atoms with Crippen molar-refractivity contribution in [1.82, 2.24) is 9.71 Å². The SMILES string of the molecule is COc1cc(-c2cc(F)cc(CC3CCC3)c2NC(=O)NS(=N)(=O)c2cc(C(C)(C)O)co2)ccn1. The first-order chi connectivity index (χ1) is 17.0. The molecule has 0 radical (unpaired) electrons. The van der Waals surface area contributed by atoms with Crippen LogP contribution in [0.15, 0.2) is 52.3 Å². The van der Waals surface area contributed by atoms with Crippen LogP contribution < -0.4 is 14.8 Å². The largest absolute Gasteiger partial charge is 0.481 e. The summed E-state index contributed by atoms with van der Waals surface area (Å²) in [5.74, 6) is 0.237. The highest BCUT2D eigenvalue weighted by molar-refractivity contribution is 7.91. The fourth-order valence-corrected chi connectivity index (χ4v) is 4.89. The Bertz CT molecular complexity index is 1380. The molecule has 1 unspecified atom stereocenters. The van der Waals surface area contributed by atoms with Crippen molar-refractivity contribution >= 4 is 21.6 Å². The van der Waals surface area contributed by atoms with Gasteiger partial charge in [-0.2, -0.15) is 0 Å². The number of amides is 2. The van der Waals surface area contributed by atoms with Gasteiger partial charge < -0.3 is 19.6 Å². The number of carbonyl (C=O) groups is 1. The van der Waals surface area contributed by atoms with Gasteiger partial charge in [0, 0.05) is 29.5 Å². The van der Waals surface area contributed by atoms with Gasteiger partial charge in [0.1, 0.15) is 5.82 Å². The molecule has 0 saturated heterocycles. The van der Waals surface area contributed by atoms with Crippen molar-refractivity contribution in [3.05, 3.63) is 59.7 Å². The summed E-state index contributed by atoms with van der Waals surface area (Å²) in [5.41, 5.74) is 0.957. The number of hydrogen-bond acceptors (Lipinski definition) is 7. The van der Waals surface area contributed by atoms with E-state index in [1.54, 1.807) is 12.1 Å². The molecule has 0 bridgehead atoms. The molecule has 4 rings (SSSR count). The maximum atomic E-state index is 14.7. The van der Waals surface area contributed by atoms with Gasteiger partial charge in [-0.3, -0.25) is 0 Å². The molecule has 9 nitrogen and oxygen atoms in total. The lowest BCUT2D eigenvalue weighted by molar-refractivity contribution is 0.0779. The van der Waals surface area contributed by atoms with Crippen LogP contribution in [0, 0.1) is 16.5 Å². The molecule has 1 aromatic carbocycles. The summed E-state index contributed by atoms with van der Waals surface area (Å²) in [6, 6.07) is 6.33. The molecule has 3 aromatic rings. The smallest absolute Gasteiger partial charge is 0.332 e. The monoisotopic (exact) mass is 516 g/mol. The van der Waals surface area contributed by atoms with Crippen LogP contribution in [0.3, 0.4) is 0 Å². The van der Waals surface area contributed by atoms with E-state index in [9.17, 15) is 18.5 Å². The maximum absolute atomic E-state index is 14.7. The van der Waals surface area contributed by atoms with Crippen LogP contribution in [0.4, 0.5) is 14.9 Å². The summed E-state index contributed by atoms with van der Waals surface area (Å²) in [4.78, 5) is 17.1. The highest BCUT2D eigenvalue weighted by atomic mass is 32.2. The number of halogens is 1. The average molecular weight is 517 g/mol. The van der Waals surface area contributed by atoms with Gasteiger partial charge in [0.25, 0.3) is 0 Å². The third-order valence-electron chi connectivity index (χ3n) is 6.21. The van der Waals surface area contributed by atoms with Gasteiger partial charge in [-0.25, -0.2) is 27.9 Å². The number of anilines is 1. The minimum atomic E-state index is -3.89. The number of methoxy groups -OCH3 is 1. The quantitative estimate of drug-likeness (QED) is 0.325. The summed E-state index contributed by atoms with van der Waals surface area (Å²) >= 11 is 0. The molecule has 2 amide bonds. The Kier molecular flexibility index (Phi) is 7.05. The molecule has 1 fully saturated rings. The van der Waals surface area contributed by atoms with Crippen LogP contribution >= 0.6 is 0 Å². The van der Waals surface area contributed by atoms with E-state index >= 15 is 0 Å². The van der Waals surface area contributed by atoms with Crippen LogP contribution in [0.2, 0.25) is 0 Å². The number of furan rings is 1. The zero-order chi connectivity index (χ0) is 26.1. The zero-order valence-corrected chi connectivity index (χ0v) is 21.1. The van der Waals surface area contributed by atoms with Crippen molar-refractivity contribution in [2.24, 2.45) is 5.92 Å². The molecule has 4 N–H and O–H groups in total. The van der Waals surface area contributed by atoms with Crippen molar-refractivity contribution < 1.29 is 27.7 Å². The van der Waals surface area contributed by atoms with E-state index in [0.717, 1.165) is 19.3 Å². The standard InChI is InChI=1S/C25H29FN4O5S/c1-25(2,32)18-12-22(35-14-18)36(27,33)30-24(31)29-23-17(9-15-5-4-6-15)10-19(26)13-20(23)16-7-8-28-21(11-16)34-3/h7-8,10-15,32H,4-6,9H2,1-3H3,(H3,27,29,30,31,33). The van der Waals surface area contributed by atoms with E-state index in [1.165, 1.54) is 51.6 Å². The first kappa shape index (κ1) is 25.6. The second kappa shape index (κ2) is 9.90. The summed E-state index contributed by atoms with van der Waals surface area (Å²) in [6.07, 6.45) is 6.41. The highest BCUT2D eigenvalue weighted by Gasteiger charge is 2.26. The number of hydrogen-bond donors (Lipinski definition) is 4. The van der Waals surface area contributed by atoms with Crippen molar-refractivity contribution in [1.29, 1.82) is 4.78 Å². The second-order valence-electron chi connectivity index (χ2n) is 9.40. The van der Waals surface area contributed by atoms with E-state index in [1.807, 2.05) is 0 Å². The van der Waals surface area contributed by atoms with Crippen LogP contribution in [-0.4, -0.2) is 27.4 Å². The number of aliphatic hydroxyl groups is 1. The second-order valence-corrected chi connectivity index (χ2v) is 11.1. The number of aromatic nitrogens is 1. The Balaban J connectivity index is 1.67. The van der Waals surface area contributed by atoms with Gasteiger partial charge in [0.15, 0.2) is 9.92 Å². The summed E-state index contributed by atoms with van der Waals surface area (Å²) in [5, 5.41) is 12.5. The Morgan fingerprint density at radius 3 is 2.69 bits per heavy atom. The molecule has 2 heterocycles. The van der Waals surface area contributed by atoms with Gasteiger partial charge >= 0.3 is 6.03 Å². The molecule has 1 aliphatic rings. The van der Waals surface area contributed by atoms with Crippen LogP contribution in [-0.2, 0) is 21.9 Å². The average Bonchev–Trinajstić information content (AvgIpc) is 3.29. The molecule has 0 aliphatic heterocycles. The molecule has 36 heavy (non-hydrogen) atoms. The van der Waals surface area contributed by atoms with Crippen molar-refractivity contribution in [3.63, 3.8) is 0 Å². The number of ether oxygens (including phenoxy) is 1. The topological polar surface area (TPSA) is 138 Å². The number of benzene rings is 1. The first-order valence-electron chi connectivity index (χ1n) is 11.5.